The summed E-state index contributed by atoms with van der Waals surface area (Å²) in [6.45, 7) is 0.817. The van der Waals surface area contributed by atoms with Gasteiger partial charge in [0.05, 0.1) is 6.61 Å². The first-order valence-corrected chi connectivity index (χ1v) is 7.83. The summed E-state index contributed by atoms with van der Waals surface area (Å²) in [5.74, 6) is 1.73. The molecule has 0 aliphatic heterocycles. The summed E-state index contributed by atoms with van der Waals surface area (Å²) in [5, 5.41) is 0. The van der Waals surface area contributed by atoms with Gasteiger partial charge in [-0.15, -0.1) is 0 Å². The van der Waals surface area contributed by atoms with Crippen molar-refractivity contribution in [1.82, 2.24) is 0 Å². The minimum atomic E-state index is 0.409. The highest BCUT2D eigenvalue weighted by Crippen LogP contribution is 2.28. The number of hydrogen-bond donors (Lipinski definition) is 1. The van der Waals surface area contributed by atoms with Gasteiger partial charge in [0.25, 0.3) is 0 Å². The Morgan fingerprint density at radius 2 is 1.89 bits per heavy atom. The molecule has 1 fully saturated rings. The second-order valence-corrected chi connectivity index (χ2v) is 6.13. The van der Waals surface area contributed by atoms with Crippen molar-refractivity contribution in [2.75, 3.05) is 6.61 Å². The molecule has 0 heterocycles. The zero-order valence-corrected chi connectivity index (χ0v) is 11.7. The smallest absolute Gasteiger partial charge is 0.119 e. The summed E-state index contributed by atoms with van der Waals surface area (Å²) in [6.07, 6.45) is 10.0. The van der Waals surface area contributed by atoms with E-state index in [1.54, 1.807) is 0 Å². The third-order valence-corrected chi connectivity index (χ3v) is 4.80. The third kappa shape index (κ3) is 3.11. The summed E-state index contributed by atoms with van der Waals surface area (Å²) in [6, 6.07) is 7.06. The SMILES string of the molecule is NC1CCCC1CCOc1ccc2c(c1)CCCC2. The van der Waals surface area contributed by atoms with Gasteiger partial charge in [0.2, 0.25) is 0 Å². The van der Waals surface area contributed by atoms with Crippen LogP contribution in [0.4, 0.5) is 0 Å². The lowest BCUT2D eigenvalue weighted by molar-refractivity contribution is 0.270. The molecule has 19 heavy (non-hydrogen) atoms. The minimum Gasteiger partial charge on any atom is -0.494 e. The molecule has 1 saturated carbocycles. The number of hydrogen-bond acceptors (Lipinski definition) is 2. The minimum absolute atomic E-state index is 0.409. The summed E-state index contributed by atoms with van der Waals surface area (Å²) in [7, 11) is 0. The molecule has 0 spiro atoms. The normalized spacial score (nSPS) is 26.2. The van der Waals surface area contributed by atoms with Gasteiger partial charge in [-0.3, -0.25) is 0 Å². The van der Waals surface area contributed by atoms with Gasteiger partial charge in [-0.05, 0) is 74.1 Å². The first-order chi connectivity index (χ1) is 9.33. The third-order valence-electron chi connectivity index (χ3n) is 4.80. The van der Waals surface area contributed by atoms with E-state index in [1.807, 2.05) is 0 Å². The highest BCUT2D eigenvalue weighted by molar-refractivity contribution is 5.37. The van der Waals surface area contributed by atoms with Gasteiger partial charge in [0.1, 0.15) is 5.75 Å². The van der Waals surface area contributed by atoms with Gasteiger partial charge < -0.3 is 10.5 Å². The highest BCUT2D eigenvalue weighted by atomic mass is 16.5. The van der Waals surface area contributed by atoms with Crippen LogP contribution >= 0.6 is 0 Å². The maximum atomic E-state index is 6.09. The summed E-state index contributed by atoms with van der Waals surface area (Å²) in [4.78, 5) is 0. The van der Waals surface area contributed by atoms with E-state index in [4.69, 9.17) is 10.5 Å². The van der Waals surface area contributed by atoms with Crippen LogP contribution in [-0.4, -0.2) is 12.6 Å². The zero-order chi connectivity index (χ0) is 13.1. The Labute approximate surface area is 116 Å². The van der Waals surface area contributed by atoms with Crippen LogP contribution in [0.25, 0.3) is 0 Å². The van der Waals surface area contributed by atoms with Crippen LogP contribution in [0.3, 0.4) is 0 Å². The molecule has 1 aromatic rings. The Balaban J connectivity index is 1.52. The Morgan fingerprint density at radius 1 is 1.05 bits per heavy atom. The molecule has 2 aliphatic carbocycles. The highest BCUT2D eigenvalue weighted by Gasteiger charge is 2.23. The monoisotopic (exact) mass is 259 g/mol. The molecule has 0 amide bonds. The van der Waals surface area contributed by atoms with E-state index in [0.717, 1.165) is 18.8 Å². The molecule has 0 aromatic heterocycles. The van der Waals surface area contributed by atoms with Crippen molar-refractivity contribution >= 4 is 0 Å². The number of aryl methyl sites for hydroxylation is 2. The Hall–Kier alpha value is -1.02. The first kappa shape index (κ1) is 13.0. The van der Waals surface area contributed by atoms with Crippen LogP contribution in [0.15, 0.2) is 18.2 Å². The van der Waals surface area contributed by atoms with Crippen LogP contribution in [-0.2, 0) is 12.8 Å². The predicted octanol–water partition coefficient (Wildman–Crippen LogP) is 3.46. The Morgan fingerprint density at radius 3 is 2.68 bits per heavy atom. The van der Waals surface area contributed by atoms with Crippen molar-refractivity contribution in [2.24, 2.45) is 11.7 Å². The number of rotatable bonds is 4. The fourth-order valence-corrected chi connectivity index (χ4v) is 3.55. The second kappa shape index (κ2) is 5.96. The van der Waals surface area contributed by atoms with E-state index in [1.165, 1.54) is 56.1 Å². The lowest BCUT2D eigenvalue weighted by atomic mass is 9.92. The first-order valence-electron chi connectivity index (χ1n) is 7.83. The van der Waals surface area contributed by atoms with Crippen LogP contribution in [0.5, 0.6) is 5.75 Å². The van der Waals surface area contributed by atoms with E-state index in [9.17, 15) is 0 Å². The fraction of sp³-hybridized carbons (Fsp3) is 0.647. The molecule has 2 N–H and O–H groups in total. The van der Waals surface area contributed by atoms with Gasteiger partial charge in [-0.25, -0.2) is 0 Å². The fourth-order valence-electron chi connectivity index (χ4n) is 3.55. The molecule has 2 atom stereocenters. The summed E-state index contributed by atoms with van der Waals surface area (Å²) < 4.78 is 5.93. The lowest BCUT2D eigenvalue weighted by Gasteiger charge is -2.18. The summed E-state index contributed by atoms with van der Waals surface area (Å²) >= 11 is 0. The maximum absolute atomic E-state index is 6.09. The molecule has 2 unspecified atom stereocenters. The number of fused-ring (bicyclic) bond motifs is 1. The molecule has 2 aliphatic rings. The van der Waals surface area contributed by atoms with Gasteiger partial charge >= 0.3 is 0 Å². The van der Waals surface area contributed by atoms with Crippen molar-refractivity contribution in [1.29, 1.82) is 0 Å². The van der Waals surface area contributed by atoms with Crippen LogP contribution in [0, 0.1) is 5.92 Å². The molecule has 0 bridgehead atoms. The lowest BCUT2D eigenvalue weighted by Crippen LogP contribution is -2.25. The van der Waals surface area contributed by atoms with Gasteiger partial charge in [0, 0.05) is 6.04 Å². The average Bonchev–Trinajstić information content (AvgIpc) is 2.84. The van der Waals surface area contributed by atoms with Gasteiger partial charge in [-0.1, -0.05) is 12.5 Å². The molecule has 2 nitrogen and oxygen atoms in total. The van der Waals surface area contributed by atoms with Crippen molar-refractivity contribution in [3.8, 4) is 5.75 Å². The quantitative estimate of drug-likeness (QED) is 0.898. The Kier molecular flexibility index (Phi) is 4.07. The van der Waals surface area contributed by atoms with Crippen molar-refractivity contribution in [3.05, 3.63) is 29.3 Å². The topological polar surface area (TPSA) is 35.2 Å². The van der Waals surface area contributed by atoms with Gasteiger partial charge in [0.15, 0.2) is 0 Å². The number of ether oxygens (including phenoxy) is 1. The van der Waals surface area contributed by atoms with E-state index < -0.39 is 0 Å². The summed E-state index contributed by atoms with van der Waals surface area (Å²) in [5.41, 5.74) is 9.12. The molecule has 2 heteroatoms. The maximum Gasteiger partial charge on any atom is 0.119 e. The van der Waals surface area contributed by atoms with E-state index in [-0.39, 0.29) is 0 Å². The van der Waals surface area contributed by atoms with Crippen molar-refractivity contribution in [2.45, 2.75) is 57.4 Å². The molecule has 1 aromatic carbocycles. The van der Waals surface area contributed by atoms with E-state index in [2.05, 4.69) is 18.2 Å². The van der Waals surface area contributed by atoms with Crippen LogP contribution in [0.2, 0.25) is 0 Å². The van der Waals surface area contributed by atoms with Crippen LogP contribution in [0.1, 0.15) is 49.7 Å². The largest absolute Gasteiger partial charge is 0.494 e. The zero-order valence-electron chi connectivity index (χ0n) is 11.7. The Bertz CT molecular complexity index is 429. The average molecular weight is 259 g/mol. The predicted molar refractivity (Wildman–Crippen MR) is 78.5 cm³/mol. The molecular formula is C17H25NO. The van der Waals surface area contributed by atoms with E-state index in [0.29, 0.717) is 12.0 Å². The second-order valence-electron chi connectivity index (χ2n) is 6.13. The number of benzene rings is 1. The van der Waals surface area contributed by atoms with Crippen molar-refractivity contribution < 1.29 is 4.74 Å². The standard InChI is InChI=1S/C17H25NO/c18-17-7-3-6-14(17)10-11-19-16-9-8-13-4-1-2-5-15(13)12-16/h8-9,12,14,17H,1-7,10-11,18H2. The molecule has 3 rings (SSSR count). The molecule has 0 radical (unpaired) electrons. The van der Waals surface area contributed by atoms with Crippen LogP contribution < -0.4 is 10.5 Å². The number of nitrogens with two attached hydrogens (primary N) is 1. The molecule has 104 valence electrons. The molecular weight excluding hydrogens is 234 g/mol. The molecule has 0 saturated heterocycles. The van der Waals surface area contributed by atoms with Crippen molar-refractivity contribution in [3.63, 3.8) is 0 Å². The van der Waals surface area contributed by atoms with E-state index >= 15 is 0 Å². The van der Waals surface area contributed by atoms with Gasteiger partial charge in [-0.2, -0.15) is 0 Å².